The van der Waals surface area contributed by atoms with Crippen molar-refractivity contribution in [1.29, 1.82) is 0 Å². The number of hydrogen-bond acceptors (Lipinski definition) is 5. The molecule has 4 rings (SSSR count). The molecule has 118 valence electrons. The van der Waals surface area contributed by atoms with E-state index in [0.717, 1.165) is 41.2 Å². The number of carbonyl (C=O) groups excluding carboxylic acids is 1. The molecule has 1 aliphatic carbocycles. The molecule has 0 unspecified atom stereocenters. The normalized spacial score (nSPS) is 17.0. The first-order valence-electron chi connectivity index (χ1n) is 7.66. The number of hydrogen-bond donors (Lipinski definition) is 3. The van der Waals surface area contributed by atoms with Gasteiger partial charge in [0, 0.05) is 28.4 Å². The van der Waals surface area contributed by atoms with Gasteiger partial charge in [0.05, 0.1) is 11.1 Å². The maximum absolute atomic E-state index is 12.1. The summed E-state index contributed by atoms with van der Waals surface area (Å²) in [6.45, 7) is 2.07. The first-order chi connectivity index (χ1) is 11.1. The number of nitrogens with zero attached hydrogens (tertiary/aromatic N) is 1. The van der Waals surface area contributed by atoms with Crippen LogP contribution in [0, 0.1) is 6.92 Å². The zero-order valence-electron chi connectivity index (χ0n) is 13.1. The molecule has 23 heavy (non-hydrogen) atoms. The Hall–Kier alpha value is -2.05. The average Bonchev–Trinajstić information content (AvgIpc) is 3.27. The Bertz CT molecular complexity index is 801. The summed E-state index contributed by atoms with van der Waals surface area (Å²) in [4.78, 5) is 17.7. The van der Waals surface area contributed by atoms with Crippen LogP contribution in [0.15, 0.2) is 35.4 Å². The fraction of sp³-hybridized carbons (Fsp3) is 0.294. The maximum atomic E-state index is 12.1. The lowest BCUT2D eigenvalue weighted by Gasteiger charge is -2.11. The van der Waals surface area contributed by atoms with Crippen LogP contribution >= 0.6 is 11.9 Å². The molecule has 1 aromatic carbocycles. The first-order valence-corrected chi connectivity index (χ1v) is 8.47. The second-order valence-corrected chi connectivity index (χ2v) is 7.14. The molecule has 5 nitrogen and oxygen atoms in total. The molecule has 0 bridgehead atoms. The smallest absolute Gasteiger partial charge is 0.235 e. The molecule has 1 fully saturated rings. The van der Waals surface area contributed by atoms with Crippen LogP contribution < -0.4 is 15.4 Å². The number of fused-ring (bicyclic) bond motifs is 2. The van der Waals surface area contributed by atoms with Crippen LogP contribution in [0.3, 0.4) is 0 Å². The summed E-state index contributed by atoms with van der Waals surface area (Å²) in [5.74, 6) is 0.870. The fourth-order valence-electron chi connectivity index (χ4n) is 3.09. The van der Waals surface area contributed by atoms with Gasteiger partial charge in [-0.2, -0.15) is 0 Å². The quantitative estimate of drug-likeness (QED) is 0.752. The number of benzene rings is 1. The Morgan fingerprint density at radius 1 is 1.30 bits per heavy atom. The first kappa shape index (κ1) is 14.5. The van der Waals surface area contributed by atoms with E-state index in [-0.39, 0.29) is 11.3 Å². The largest absolute Gasteiger partial charge is 0.340 e. The molecule has 1 aliphatic heterocycles. The highest BCUT2D eigenvalue weighted by Gasteiger charge is 2.56. The van der Waals surface area contributed by atoms with E-state index in [2.05, 4.69) is 39.4 Å². The van der Waals surface area contributed by atoms with Gasteiger partial charge >= 0.3 is 0 Å². The average molecular weight is 326 g/mol. The fourth-order valence-corrected chi connectivity index (χ4v) is 3.70. The molecule has 1 saturated carbocycles. The second kappa shape index (κ2) is 5.25. The van der Waals surface area contributed by atoms with Gasteiger partial charge in [0.1, 0.15) is 5.82 Å². The molecule has 1 spiro atoms. The zero-order chi connectivity index (χ0) is 16.0. The number of anilines is 3. The second-order valence-electron chi connectivity index (χ2n) is 6.06. The molecule has 0 saturated heterocycles. The van der Waals surface area contributed by atoms with Gasteiger partial charge in [0.2, 0.25) is 5.91 Å². The molecule has 2 aromatic rings. The minimum Gasteiger partial charge on any atom is -0.340 e. The standard InChI is InChI=1S/C17H18N4OS/c1-10-7-11(23-18-2)3-4-13(10)20-15-8-14-12(9-19-15)17(5-6-17)16(22)21-14/h3-4,7-9,18H,5-6H2,1-2H3,(H,19,20)(H,21,22). The van der Waals surface area contributed by atoms with E-state index in [9.17, 15) is 4.79 Å². The van der Waals surface area contributed by atoms with Gasteiger partial charge < -0.3 is 10.6 Å². The summed E-state index contributed by atoms with van der Waals surface area (Å²) in [7, 11) is 1.90. The minimum absolute atomic E-state index is 0.121. The molecule has 6 heteroatoms. The third kappa shape index (κ3) is 2.38. The van der Waals surface area contributed by atoms with E-state index in [1.165, 1.54) is 4.90 Å². The van der Waals surface area contributed by atoms with E-state index >= 15 is 0 Å². The summed E-state index contributed by atoms with van der Waals surface area (Å²) in [6.07, 6.45) is 3.71. The molecule has 0 atom stereocenters. The van der Waals surface area contributed by atoms with Gasteiger partial charge in [-0.3, -0.25) is 9.52 Å². The van der Waals surface area contributed by atoms with Crippen LogP contribution in [0.2, 0.25) is 0 Å². The third-order valence-electron chi connectivity index (χ3n) is 4.53. The number of rotatable bonds is 4. The molecule has 3 N–H and O–H groups in total. The molecule has 2 aliphatic rings. The Kier molecular flexibility index (Phi) is 3.32. The topological polar surface area (TPSA) is 66.0 Å². The van der Waals surface area contributed by atoms with Crippen LogP contribution in [-0.2, 0) is 10.2 Å². The SMILES string of the molecule is CNSc1ccc(Nc2cc3c(cn2)C2(CC2)C(=O)N3)c(C)c1. The lowest BCUT2D eigenvalue weighted by Crippen LogP contribution is -2.18. The highest BCUT2D eigenvalue weighted by molar-refractivity contribution is 7.97. The van der Waals surface area contributed by atoms with Crippen molar-refractivity contribution in [3.63, 3.8) is 0 Å². The van der Waals surface area contributed by atoms with Crippen LogP contribution in [0.5, 0.6) is 0 Å². The molecular formula is C17H18N4OS. The van der Waals surface area contributed by atoms with Crippen LogP contribution in [0.4, 0.5) is 17.2 Å². The van der Waals surface area contributed by atoms with Crippen molar-refractivity contribution >= 4 is 35.0 Å². The minimum atomic E-state index is -0.275. The van der Waals surface area contributed by atoms with Crippen molar-refractivity contribution < 1.29 is 4.79 Å². The van der Waals surface area contributed by atoms with Crippen LogP contribution in [0.25, 0.3) is 0 Å². The van der Waals surface area contributed by atoms with E-state index in [1.54, 1.807) is 11.9 Å². The van der Waals surface area contributed by atoms with Crippen LogP contribution in [0.1, 0.15) is 24.0 Å². The highest BCUT2D eigenvalue weighted by Crippen LogP contribution is 2.55. The molecule has 1 aromatic heterocycles. The van der Waals surface area contributed by atoms with Gasteiger partial charge in [-0.1, -0.05) is 0 Å². The van der Waals surface area contributed by atoms with Crippen molar-refractivity contribution in [2.24, 2.45) is 0 Å². The van der Waals surface area contributed by atoms with Gasteiger partial charge in [-0.25, -0.2) is 4.98 Å². The maximum Gasteiger partial charge on any atom is 0.235 e. The van der Waals surface area contributed by atoms with Crippen molar-refractivity contribution in [3.8, 4) is 0 Å². The summed E-state index contributed by atoms with van der Waals surface area (Å²) in [5.41, 5.74) is 3.83. The number of amides is 1. The van der Waals surface area contributed by atoms with Crippen molar-refractivity contribution in [3.05, 3.63) is 41.6 Å². The number of nitrogens with one attached hydrogen (secondary N) is 3. The Labute approximate surface area is 139 Å². The summed E-state index contributed by atoms with van der Waals surface area (Å²) in [5, 5.41) is 6.33. The number of aromatic nitrogens is 1. The van der Waals surface area contributed by atoms with E-state index in [4.69, 9.17) is 0 Å². The number of carbonyl (C=O) groups is 1. The molecule has 1 amide bonds. The Morgan fingerprint density at radius 2 is 2.13 bits per heavy atom. The monoisotopic (exact) mass is 326 g/mol. The van der Waals surface area contributed by atoms with Crippen LogP contribution in [-0.4, -0.2) is 17.9 Å². The van der Waals surface area contributed by atoms with Crippen molar-refractivity contribution in [1.82, 2.24) is 9.71 Å². The third-order valence-corrected chi connectivity index (χ3v) is 5.23. The van der Waals surface area contributed by atoms with E-state index < -0.39 is 0 Å². The Balaban J connectivity index is 1.59. The van der Waals surface area contributed by atoms with Crippen molar-refractivity contribution in [2.75, 3.05) is 17.7 Å². The van der Waals surface area contributed by atoms with E-state index in [1.807, 2.05) is 25.4 Å². The lowest BCUT2D eigenvalue weighted by atomic mass is 10.00. The van der Waals surface area contributed by atoms with Gasteiger partial charge in [-0.05, 0) is 62.5 Å². The zero-order valence-corrected chi connectivity index (χ0v) is 13.9. The Morgan fingerprint density at radius 3 is 2.83 bits per heavy atom. The highest BCUT2D eigenvalue weighted by atomic mass is 32.2. The molecule has 2 heterocycles. The predicted octanol–water partition coefficient (Wildman–Crippen LogP) is 3.34. The van der Waals surface area contributed by atoms with Gasteiger partial charge in [-0.15, -0.1) is 0 Å². The summed E-state index contributed by atoms with van der Waals surface area (Å²) < 4.78 is 3.07. The molecular weight excluding hydrogens is 308 g/mol. The number of pyridine rings is 1. The predicted molar refractivity (Wildman–Crippen MR) is 93.2 cm³/mol. The van der Waals surface area contributed by atoms with E-state index in [0.29, 0.717) is 0 Å². The van der Waals surface area contributed by atoms with Gasteiger partial charge in [0.15, 0.2) is 0 Å². The number of aryl methyl sites for hydroxylation is 1. The summed E-state index contributed by atoms with van der Waals surface area (Å²) >= 11 is 1.59. The lowest BCUT2D eigenvalue weighted by molar-refractivity contribution is -0.117. The van der Waals surface area contributed by atoms with Gasteiger partial charge in [0.25, 0.3) is 0 Å². The summed E-state index contributed by atoms with van der Waals surface area (Å²) in [6, 6.07) is 8.16. The molecule has 0 radical (unpaired) electrons. The van der Waals surface area contributed by atoms with Crippen molar-refractivity contribution in [2.45, 2.75) is 30.1 Å².